The van der Waals surface area contributed by atoms with E-state index in [0.717, 1.165) is 0 Å². The number of nitrogens with two attached hydrogens (primary N) is 1. The van der Waals surface area contributed by atoms with Crippen molar-refractivity contribution in [3.8, 4) is 6.07 Å². The van der Waals surface area contributed by atoms with Gasteiger partial charge in [0.05, 0.1) is 20.5 Å². The van der Waals surface area contributed by atoms with Crippen LogP contribution in [0.5, 0.6) is 0 Å². The van der Waals surface area contributed by atoms with E-state index < -0.39 is 37.0 Å². The predicted molar refractivity (Wildman–Crippen MR) is 123 cm³/mol. The monoisotopic (exact) mass is 469 g/mol. The van der Waals surface area contributed by atoms with Gasteiger partial charge in [0.2, 0.25) is 0 Å². The van der Waals surface area contributed by atoms with E-state index in [9.17, 15) is 9.00 Å². The lowest BCUT2D eigenvalue weighted by Gasteiger charge is -2.44. The van der Waals surface area contributed by atoms with E-state index in [4.69, 9.17) is 11.0 Å². The molecule has 4 heterocycles. The zero-order chi connectivity index (χ0) is 24.2. The molecule has 2 aliphatic heterocycles. The van der Waals surface area contributed by atoms with Crippen molar-refractivity contribution in [2.75, 3.05) is 11.9 Å². The summed E-state index contributed by atoms with van der Waals surface area (Å²) < 4.78 is 32.4. The summed E-state index contributed by atoms with van der Waals surface area (Å²) in [6.45, 7) is 7.16. The summed E-state index contributed by atoms with van der Waals surface area (Å²) in [4.78, 5) is 25.7. The van der Waals surface area contributed by atoms with Crippen LogP contribution in [0.2, 0.25) is 0 Å². The fraction of sp³-hybridized carbons (Fsp3) is 0.409. The summed E-state index contributed by atoms with van der Waals surface area (Å²) in [7, 11) is -2.85. The highest BCUT2D eigenvalue weighted by Gasteiger charge is 2.57. The Kier molecular flexibility index (Phi) is 5.24. The molecule has 9 nitrogen and oxygen atoms in total. The number of amides is 1. The molecule has 33 heavy (non-hydrogen) atoms. The Labute approximate surface area is 191 Å². The van der Waals surface area contributed by atoms with Crippen LogP contribution in [0.1, 0.15) is 54.5 Å². The number of anilines is 1. The summed E-state index contributed by atoms with van der Waals surface area (Å²) in [5.41, 5.74) is 5.80. The van der Waals surface area contributed by atoms with Crippen LogP contribution in [0.3, 0.4) is 0 Å². The number of fused-ring (bicyclic) bond motifs is 1. The van der Waals surface area contributed by atoms with Gasteiger partial charge in [-0.05, 0) is 57.9 Å². The molecule has 0 aliphatic carbocycles. The summed E-state index contributed by atoms with van der Waals surface area (Å²) in [6, 6.07) is 6.03. The number of aryl methyl sites for hydroxylation is 1. The van der Waals surface area contributed by atoms with Crippen molar-refractivity contribution in [2.24, 2.45) is 15.1 Å². The second kappa shape index (κ2) is 7.59. The molecule has 0 bridgehead atoms. The summed E-state index contributed by atoms with van der Waals surface area (Å²) in [5.74, 6) is -0.985. The van der Waals surface area contributed by atoms with Crippen molar-refractivity contribution in [3.05, 3.63) is 52.7 Å². The maximum Gasteiger partial charge on any atom is 0.275 e. The first-order chi connectivity index (χ1) is 15.4. The number of amidine groups is 1. The van der Waals surface area contributed by atoms with E-state index in [0.29, 0.717) is 24.1 Å². The van der Waals surface area contributed by atoms with E-state index in [1.54, 1.807) is 33.8 Å². The zero-order valence-corrected chi connectivity index (χ0v) is 19.5. The Balaban J connectivity index is 1.75. The molecule has 3 N–H and O–H groups in total. The summed E-state index contributed by atoms with van der Waals surface area (Å²) in [5, 5.41) is 11.0. The molecule has 3 atom stereocenters. The van der Waals surface area contributed by atoms with Crippen LogP contribution in [-0.4, -0.2) is 42.5 Å². The number of carbonyl (C=O) groups excluding carboxylic acids is 1. The van der Waals surface area contributed by atoms with Gasteiger partial charge in [-0.25, -0.2) is 22.9 Å². The molecule has 2 aliphatic rings. The van der Waals surface area contributed by atoms with Gasteiger partial charge < -0.3 is 11.1 Å². The highest BCUT2D eigenvalue weighted by Crippen LogP contribution is 2.47. The molecule has 0 saturated heterocycles. The number of nitrogens with one attached hydrogen (secondary N) is 1. The number of pyridine rings is 2. The van der Waals surface area contributed by atoms with Crippen molar-refractivity contribution in [1.82, 2.24) is 9.97 Å². The maximum absolute atomic E-state index is 15.1. The third-order valence-electron chi connectivity index (χ3n) is 6.38. The number of aliphatic imine (C=N–C) groups is 1. The normalized spacial score (nSPS) is 27.6. The lowest BCUT2D eigenvalue weighted by atomic mass is 9.89. The smallest absolute Gasteiger partial charge is 0.275 e. The predicted octanol–water partition coefficient (Wildman–Crippen LogP) is 2.65. The molecule has 4 rings (SSSR count). The zero-order valence-electron chi connectivity index (χ0n) is 18.7. The molecule has 0 fully saturated rings. The van der Waals surface area contributed by atoms with Crippen molar-refractivity contribution >= 4 is 27.3 Å². The van der Waals surface area contributed by atoms with Crippen molar-refractivity contribution in [3.63, 3.8) is 0 Å². The van der Waals surface area contributed by atoms with E-state index in [2.05, 4.69) is 24.6 Å². The van der Waals surface area contributed by atoms with Gasteiger partial charge >= 0.3 is 0 Å². The van der Waals surface area contributed by atoms with Gasteiger partial charge in [0.1, 0.15) is 45.2 Å². The fourth-order valence-electron chi connectivity index (χ4n) is 4.39. The van der Waals surface area contributed by atoms with Crippen LogP contribution < -0.4 is 11.1 Å². The van der Waals surface area contributed by atoms with E-state index in [1.807, 2.05) is 6.07 Å². The third-order valence-corrected chi connectivity index (χ3v) is 10.1. The number of carbonyl (C=O) groups is 1. The van der Waals surface area contributed by atoms with Gasteiger partial charge in [0, 0.05) is 12.7 Å². The average molecular weight is 470 g/mol. The molecule has 0 spiro atoms. The number of halogens is 1. The Morgan fingerprint density at radius 1 is 1.36 bits per heavy atom. The molecule has 0 aromatic carbocycles. The molecule has 172 valence electrons. The molecule has 1 amide bonds. The molecule has 0 radical (unpaired) electrons. The fourth-order valence-corrected chi connectivity index (χ4v) is 7.54. The lowest BCUT2D eigenvalue weighted by Crippen LogP contribution is -2.58. The molecular weight excluding hydrogens is 445 g/mol. The van der Waals surface area contributed by atoms with E-state index in [1.165, 1.54) is 18.3 Å². The highest BCUT2D eigenvalue weighted by molar-refractivity contribution is 7.96. The standard InChI is InChI=1S/C22H24FN7O2S/c1-12-9-13(10-24)11-26-17(12)19(31)29-16-6-5-14(23)18(28-16)22(4)15-7-8-27-33(15,32)21(2,3)20(25)30-22/h5-6,9,11,15H,7-8H2,1-4H3,(H2,25,30)(H,28,29,31)/t15-,22+,33+/m1/s1. The van der Waals surface area contributed by atoms with Crippen LogP contribution in [0.25, 0.3) is 0 Å². The average Bonchev–Trinajstić information content (AvgIpc) is 3.18. The lowest BCUT2D eigenvalue weighted by molar-refractivity contribution is 0.102. The second-order valence-corrected chi connectivity index (χ2v) is 11.8. The minimum atomic E-state index is -2.85. The Morgan fingerprint density at radius 2 is 2.09 bits per heavy atom. The van der Waals surface area contributed by atoms with Crippen LogP contribution in [0, 0.1) is 24.1 Å². The first-order valence-electron chi connectivity index (χ1n) is 10.4. The number of nitrogens with zero attached hydrogens (tertiary/aromatic N) is 5. The quantitative estimate of drug-likeness (QED) is 0.706. The van der Waals surface area contributed by atoms with Gasteiger partial charge in [-0.2, -0.15) is 5.26 Å². The van der Waals surface area contributed by atoms with Crippen LogP contribution in [-0.2, 0) is 15.3 Å². The Hall–Kier alpha value is -3.39. The molecule has 11 heteroatoms. The third kappa shape index (κ3) is 3.36. The first-order valence-corrected chi connectivity index (χ1v) is 11.9. The number of hydrogen-bond acceptors (Lipinski definition) is 8. The van der Waals surface area contributed by atoms with Gasteiger partial charge in [0.15, 0.2) is 0 Å². The largest absolute Gasteiger partial charge is 0.386 e. The van der Waals surface area contributed by atoms with Crippen molar-refractivity contribution < 1.29 is 13.4 Å². The topological polar surface area (TPSA) is 146 Å². The van der Waals surface area contributed by atoms with Crippen LogP contribution in [0.4, 0.5) is 10.2 Å². The Bertz CT molecular complexity index is 1370. The van der Waals surface area contributed by atoms with Crippen molar-refractivity contribution in [1.29, 1.82) is 5.26 Å². The summed E-state index contributed by atoms with van der Waals surface area (Å²) >= 11 is 0. The maximum atomic E-state index is 15.1. The summed E-state index contributed by atoms with van der Waals surface area (Å²) in [6.07, 6.45) is 1.76. The van der Waals surface area contributed by atoms with E-state index >= 15 is 4.39 Å². The second-order valence-electron chi connectivity index (χ2n) is 8.84. The van der Waals surface area contributed by atoms with Crippen molar-refractivity contribution in [2.45, 2.75) is 49.7 Å². The molecule has 0 unspecified atom stereocenters. The molecule has 0 saturated carbocycles. The number of rotatable bonds is 3. The Morgan fingerprint density at radius 3 is 2.76 bits per heavy atom. The highest BCUT2D eigenvalue weighted by atomic mass is 32.2. The minimum Gasteiger partial charge on any atom is -0.386 e. The molecule has 2 aromatic heterocycles. The van der Waals surface area contributed by atoms with Gasteiger partial charge in [-0.1, -0.05) is 0 Å². The first kappa shape index (κ1) is 22.8. The van der Waals surface area contributed by atoms with Gasteiger partial charge in [-0.3, -0.25) is 9.79 Å². The number of nitriles is 1. The van der Waals surface area contributed by atoms with E-state index in [-0.39, 0.29) is 23.0 Å². The van der Waals surface area contributed by atoms with Gasteiger partial charge in [-0.15, -0.1) is 0 Å². The molecular formula is C22H24FN7O2S. The van der Waals surface area contributed by atoms with Crippen LogP contribution in [0.15, 0.2) is 33.8 Å². The number of aromatic nitrogens is 2. The van der Waals surface area contributed by atoms with Gasteiger partial charge in [0.25, 0.3) is 5.91 Å². The number of hydrogen-bond donors (Lipinski definition) is 2. The van der Waals surface area contributed by atoms with Crippen LogP contribution >= 0.6 is 0 Å². The molecule has 2 aromatic rings. The SMILES string of the molecule is Cc1cc(C#N)cnc1C(=O)Nc1ccc(F)c([C@@]2(C)N=C(N)C(C)(C)[S@]3(=O)=NCC[C@H]23)n1. The minimum absolute atomic E-state index is 0.0573.